The third-order valence-electron chi connectivity index (χ3n) is 6.40. The Balaban J connectivity index is 1.41. The van der Waals surface area contributed by atoms with Crippen molar-refractivity contribution in [2.75, 3.05) is 19.7 Å². The molecule has 4 heteroatoms. The van der Waals surface area contributed by atoms with Crippen LogP contribution >= 0.6 is 0 Å². The van der Waals surface area contributed by atoms with Crippen LogP contribution in [0.5, 0.6) is 0 Å². The van der Waals surface area contributed by atoms with E-state index in [-0.39, 0.29) is 24.0 Å². The lowest BCUT2D eigenvalue weighted by atomic mass is 9.88. The number of amides is 1. The van der Waals surface area contributed by atoms with Crippen molar-refractivity contribution in [3.63, 3.8) is 0 Å². The number of hydrogen-bond donors (Lipinski definition) is 1. The van der Waals surface area contributed by atoms with Gasteiger partial charge in [-0.2, -0.15) is 0 Å². The number of nitrogens with zero attached hydrogens (tertiary/aromatic N) is 1. The van der Waals surface area contributed by atoms with Gasteiger partial charge in [-0.25, -0.2) is 4.79 Å². The van der Waals surface area contributed by atoms with Crippen LogP contribution in [0.1, 0.15) is 50.2 Å². The molecule has 2 aliphatic rings. The summed E-state index contributed by atoms with van der Waals surface area (Å²) < 4.78 is 5.79. The van der Waals surface area contributed by atoms with Crippen molar-refractivity contribution in [3.8, 4) is 11.1 Å². The first-order valence-corrected chi connectivity index (χ1v) is 10.8. The van der Waals surface area contributed by atoms with Crippen LogP contribution in [0.15, 0.2) is 48.5 Å². The van der Waals surface area contributed by atoms with Crippen molar-refractivity contribution in [1.82, 2.24) is 4.90 Å². The van der Waals surface area contributed by atoms with E-state index >= 15 is 0 Å². The van der Waals surface area contributed by atoms with Gasteiger partial charge in [-0.05, 0) is 41.0 Å². The fraction of sp³-hybridized carbons (Fsp3) is 0.480. The summed E-state index contributed by atoms with van der Waals surface area (Å²) in [6.45, 7) is 5.89. The van der Waals surface area contributed by atoms with Crippen LogP contribution in [0.25, 0.3) is 11.1 Å². The van der Waals surface area contributed by atoms with Crippen molar-refractivity contribution in [3.05, 3.63) is 59.7 Å². The molecule has 1 saturated heterocycles. The minimum atomic E-state index is -0.314. The van der Waals surface area contributed by atoms with Gasteiger partial charge in [0, 0.05) is 24.9 Å². The van der Waals surface area contributed by atoms with Gasteiger partial charge in [0.1, 0.15) is 6.61 Å². The Morgan fingerprint density at radius 1 is 1.10 bits per heavy atom. The van der Waals surface area contributed by atoms with Crippen LogP contribution in [-0.4, -0.2) is 41.9 Å². The third kappa shape index (κ3) is 4.18. The van der Waals surface area contributed by atoms with E-state index < -0.39 is 0 Å². The second-order valence-corrected chi connectivity index (χ2v) is 8.84. The molecular weight excluding hydrogens is 362 g/mol. The van der Waals surface area contributed by atoms with E-state index in [0.717, 1.165) is 12.8 Å². The molecule has 29 heavy (non-hydrogen) atoms. The number of aliphatic hydroxyl groups excluding tert-OH is 1. The molecule has 1 heterocycles. The first kappa shape index (κ1) is 20.0. The topological polar surface area (TPSA) is 49.8 Å². The molecule has 0 saturated carbocycles. The summed E-state index contributed by atoms with van der Waals surface area (Å²) >= 11 is 0. The van der Waals surface area contributed by atoms with Gasteiger partial charge in [-0.15, -0.1) is 0 Å². The van der Waals surface area contributed by atoms with Crippen molar-refractivity contribution in [2.45, 2.75) is 45.1 Å². The minimum absolute atomic E-state index is 0.0819. The van der Waals surface area contributed by atoms with Gasteiger partial charge in [-0.1, -0.05) is 68.8 Å². The molecule has 1 aliphatic carbocycles. The Kier molecular flexibility index (Phi) is 5.91. The molecule has 0 radical (unpaired) electrons. The lowest BCUT2D eigenvalue weighted by Gasteiger charge is -2.36. The van der Waals surface area contributed by atoms with E-state index in [1.54, 1.807) is 4.90 Å². The molecular formula is C25H31NO3. The number of benzene rings is 2. The van der Waals surface area contributed by atoms with Crippen molar-refractivity contribution >= 4 is 6.09 Å². The number of rotatable bonds is 5. The fourth-order valence-electron chi connectivity index (χ4n) is 4.70. The van der Waals surface area contributed by atoms with Gasteiger partial charge in [0.2, 0.25) is 0 Å². The molecule has 1 aliphatic heterocycles. The summed E-state index contributed by atoms with van der Waals surface area (Å²) in [5.74, 6) is 0.831. The molecule has 2 aromatic rings. The second-order valence-electron chi connectivity index (χ2n) is 8.84. The first-order valence-electron chi connectivity index (χ1n) is 10.8. The zero-order chi connectivity index (χ0) is 20.4. The number of hydrogen-bond acceptors (Lipinski definition) is 3. The molecule has 0 aromatic heterocycles. The van der Waals surface area contributed by atoms with Crippen LogP contribution in [0.2, 0.25) is 0 Å². The summed E-state index contributed by atoms with van der Waals surface area (Å²) in [4.78, 5) is 14.6. The maximum atomic E-state index is 12.8. The van der Waals surface area contributed by atoms with Gasteiger partial charge in [0.05, 0.1) is 6.10 Å². The van der Waals surface area contributed by atoms with E-state index in [2.05, 4.69) is 50.2 Å². The Morgan fingerprint density at radius 3 is 2.34 bits per heavy atom. The van der Waals surface area contributed by atoms with Crippen LogP contribution < -0.4 is 0 Å². The molecule has 4 nitrogen and oxygen atoms in total. The van der Waals surface area contributed by atoms with E-state index in [9.17, 15) is 9.90 Å². The molecule has 154 valence electrons. The van der Waals surface area contributed by atoms with Crippen LogP contribution in [0.4, 0.5) is 4.79 Å². The quantitative estimate of drug-likeness (QED) is 0.773. The van der Waals surface area contributed by atoms with E-state index in [4.69, 9.17) is 4.74 Å². The van der Waals surface area contributed by atoms with Gasteiger partial charge in [0.15, 0.2) is 0 Å². The number of piperidine rings is 1. The van der Waals surface area contributed by atoms with Crippen molar-refractivity contribution in [1.29, 1.82) is 0 Å². The van der Waals surface area contributed by atoms with Crippen LogP contribution in [0, 0.1) is 11.8 Å². The molecule has 1 amide bonds. The molecule has 0 bridgehead atoms. The Labute approximate surface area is 173 Å². The number of ether oxygens (including phenoxy) is 1. The Bertz CT molecular complexity index is 817. The zero-order valence-electron chi connectivity index (χ0n) is 17.4. The maximum absolute atomic E-state index is 12.8. The lowest BCUT2D eigenvalue weighted by molar-refractivity contribution is 0.0152. The molecule has 1 N–H and O–H groups in total. The highest BCUT2D eigenvalue weighted by atomic mass is 16.6. The van der Waals surface area contributed by atoms with E-state index in [1.807, 2.05) is 12.1 Å². The smallest absolute Gasteiger partial charge is 0.409 e. The maximum Gasteiger partial charge on any atom is 0.409 e. The molecule has 0 unspecified atom stereocenters. The first-order chi connectivity index (χ1) is 14.0. The predicted octanol–water partition coefficient (Wildman–Crippen LogP) is 5.05. The average molecular weight is 394 g/mol. The number of carbonyl (C=O) groups excluding carboxylic acids is 1. The Hall–Kier alpha value is -2.33. The van der Waals surface area contributed by atoms with Gasteiger partial charge in [0.25, 0.3) is 0 Å². The van der Waals surface area contributed by atoms with Gasteiger partial charge < -0.3 is 14.7 Å². The standard InChI is InChI=1S/C25H31NO3/c1-17(2)11-12-18-15-26(14-13-24(18)27)25(28)29-16-23-21-9-5-3-7-19(21)20-8-4-6-10-22(20)23/h3-10,17-18,23-24,27H,11-16H2,1-2H3/t18-,24+/m0/s1. The molecule has 2 aromatic carbocycles. The SMILES string of the molecule is CC(C)CC[C@H]1CN(C(=O)OCC2c3ccccc3-c3ccccc32)CC[C@H]1O. The summed E-state index contributed by atoms with van der Waals surface area (Å²) in [6.07, 6.45) is 2.08. The highest BCUT2D eigenvalue weighted by Crippen LogP contribution is 2.44. The van der Waals surface area contributed by atoms with Crippen LogP contribution in [0.3, 0.4) is 0 Å². The normalized spacial score (nSPS) is 21.2. The Morgan fingerprint density at radius 2 is 1.72 bits per heavy atom. The number of likely N-dealkylation sites (tertiary alicyclic amines) is 1. The fourth-order valence-corrected chi connectivity index (χ4v) is 4.70. The molecule has 2 atom stereocenters. The molecule has 4 rings (SSSR count). The average Bonchev–Trinajstić information content (AvgIpc) is 3.05. The van der Waals surface area contributed by atoms with E-state index in [0.29, 0.717) is 32.0 Å². The predicted molar refractivity (Wildman–Crippen MR) is 115 cm³/mol. The zero-order valence-corrected chi connectivity index (χ0v) is 17.4. The van der Waals surface area contributed by atoms with Crippen molar-refractivity contribution in [2.24, 2.45) is 11.8 Å². The summed E-state index contributed by atoms with van der Waals surface area (Å²) in [5.41, 5.74) is 4.92. The molecule has 1 fully saturated rings. The summed E-state index contributed by atoms with van der Waals surface area (Å²) in [6, 6.07) is 16.7. The molecule has 0 spiro atoms. The summed E-state index contributed by atoms with van der Waals surface area (Å²) in [5, 5.41) is 10.3. The van der Waals surface area contributed by atoms with E-state index in [1.165, 1.54) is 22.3 Å². The number of fused-ring (bicyclic) bond motifs is 3. The summed E-state index contributed by atoms with van der Waals surface area (Å²) in [7, 11) is 0. The van der Waals surface area contributed by atoms with Gasteiger partial charge >= 0.3 is 6.09 Å². The highest BCUT2D eigenvalue weighted by Gasteiger charge is 2.33. The number of carbonyl (C=O) groups is 1. The van der Waals surface area contributed by atoms with Crippen molar-refractivity contribution < 1.29 is 14.6 Å². The highest BCUT2D eigenvalue weighted by molar-refractivity contribution is 5.79. The number of aliphatic hydroxyl groups is 1. The van der Waals surface area contributed by atoms with Crippen LogP contribution in [-0.2, 0) is 4.74 Å². The second kappa shape index (κ2) is 8.58. The lowest BCUT2D eigenvalue weighted by Crippen LogP contribution is -2.46. The minimum Gasteiger partial charge on any atom is -0.448 e. The van der Waals surface area contributed by atoms with Gasteiger partial charge in [-0.3, -0.25) is 0 Å². The third-order valence-corrected chi connectivity index (χ3v) is 6.40. The largest absolute Gasteiger partial charge is 0.448 e. The monoisotopic (exact) mass is 393 g/mol.